The lowest BCUT2D eigenvalue weighted by atomic mass is 9.92. The molecule has 4 aromatic rings. The largest absolute Gasteiger partial charge is 0.480 e. The number of rotatable bonds is 20. The number of carbonyl (C=O) groups is 9. The first-order chi connectivity index (χ1) is 42.9. The van der Waals surface area contributed by atoms with Crippen LogP contribution < -0.4 is 21.5 Å². The Kier molecular flexibility index (Phi) is 27.9. The predicted molar refractivity (Wildman–Crippen MR) is 348 cm³/mol. The highest BCUT2D eigenvalue weighted by Crippen LogP contribution is 2.25. The number of hydrogen-bond donors (Lipinski definition) is 7. The molecule has 2 fully saturated rings. The number of methoxy groups -OCH3 is 2. The number of nitrogens with one attached hydrogen (secondary N) is 4. The first kappa shape index (κ1) is 76.1. The second-order valence-electron chi connectivity index (χ2n) is 25.9. The summed E-state index contributed by atoms with van der Waals surface area (Å²) in [5.41, 5.74) is 8.49. The average molecular weight is 1280 g/mol. The predicted octanol–water partition coefficient (Wildman–Crippen LogP) is 6.33. The van der Waals surface area contributed by atoms with Gasteiger partial charge in [-0.3, -0.25) is 58.3 Å². The van der Waals surface area contributed by atoms with Gasteiger partial charge in [0.15, 0.2) is 0 Å². The number of aliphatic hydroxyl groups is 2. The Morgan fingerprint density at radius 1 is 0.609 bits per heavy atom. The number of aliphatic hydroxyl groups excluding tert-OH is 2. The van der Waals surface area contributed by atoms with Gasteiger partial charge in [0.25, 0.3) is 11.8 Å². The van der Waals surface area contributed by atoms with Gasteiger partial charge < -0.3 is 50.0 Å². The van der Waals surface area contributed by atoms with Crippen LogP contribution in [-0.4, -0.2) is 182 Å². The number of likely N-dealkylation sites (N-methyl/N-ethyl adjacent to an activating group) is 1. The molecule has 0 aliphatic carbocycles. The SMILES string of the molecule is CC(C)[C@H](O)C(=O)N[C@@H](C)C(=O)N1CCC[C@@H](C(=O)O)N1.COC(=O)C(C)(C)/C=C/c1ccc2ccc(CN(C)C(=O)OC(C)(C)C)nc2c1.COC(=O)C(C)(C)/C=C/c1ccc2ccc(CN(C)C(=O)[C@@H]3CCCN(C(=O)[C@H](C)NC(=O)[C@@H](O)C(C)C)N3)nc2c1. The van der Waals surface area contributed by atoms with Gasteiger partial charge in [0.1, 0.15) is 42.0 Å². The van der Waals surface area contributed by atoms with E-state index in [0.717, 1.165) is 38.6 Å². The number of carboxylic acids is 1. The number of carboxylic acid groups (broad SMARTS) is 1. The number of ether oxygens (including phenoxy) is 3. The van der Waals surface area contributed by atoms with Gasteiger partial charge in [-0.2, -0.15) is 0 Å². The minimum atomic E-state index is -1.21. The van der Waals surface area contributed by atoms with E-state index >= 15 is 0 Å². The number of hydrogen-bond acceptors (Lipinski definition) is 18. The molecule has 0 radical (unpaired) electrons. The molecule has 0 saturated carbocycles. The van der Waals surface area contributed by atoms with Crippen molar-refractivity contribution in [2.75, 3.05) is 41.4 Å². The van der Waals surface area contributed by atoms with Crippen molar-refractivity contribution >= 4 is 87.5 Å². The van der Waals surface area contributed by atoms with E-state index in [-0.39, 0.29) is 48.2 Å². The summed E-state index contributed by atoms with van der Waals surface area (Å²) < 4.78 is 15.1. The molecule has 4 heterocycles. The van der Waals surface area contributed by atoms with Crippen LogP contribution >= 0.6 is 0 Å². The number of nitrogens with zero attached hydrogens (tertiary/aromatic N) is 6. The summed E-state index contributed by atoms with van der Waals surface area (Å²) in [5, 5.41) is 38.1. The Morgan fingerprint density at radius 3 is 1.37 bits per heavy atom. The van der Waals surface area contributed by atoms with Crippen molar-refractivity contribution in [3.05, 3.63) is 95.3 Å². The lowest BCUT2D eigenvalue weighted by molar-refractivity contribution is -0.149. The molecule has 504 valence electrons. The second-order valence-corrected chi connectivity index (χ2v) is 25.9. The van der Waals surface area contributed by atoms with Crippen molar-refractivity contribution < 1.29 is 72.7 Å². The van der Waals surface area contributed by atoms with Gasteiger partial charge in [-0.15, -0.1) is 0 Å². The first-order valence-electron chi connectivity index (χ1n) is 30.8. The molecule has 2 aromatic heterocycles. The zero-order valence-electron chi connectivity index (χ0n) is 56.3. The van der Waals surface area contributed by atoms with Crippen molar-refractivity contribution in [2.24, 2.45) is 22.7 Å². The van der Waals surface area contributed by atoms with Gasteiger partial charge in [-0.1, -0.05) is 88.4 Å². The minimum Gasteiger partial charge on any atom is -0.480 e. The van der Waals surface area contributed by atoms with E-state index in [2.05, 4.69) is 26.5 Å². The lowest BCUT2D eigenvalue weighted by Gasteiger charge is -2.36. The summed E-state index contributed by atoms with van der Waals surface area (Å²) in [6.07, 6.45) is 6.80. The molecule has 25 nitrogen and oxygen atoms in total. The number of aliphatic carboxylic acids is 1. The molecule has 2 aliphatic rings. The summed E-state index contributed by atoms with van der Waals surface area (Å²) in [7, 11) is 6.13. The van der Waals surface area contributed by atoms with Crippen LogP contribution in [0.3, 0.4) is 0 Å². The van der Waals surface area contributed by atoms with E-state index in [0.29, 0.717) is 51.0 Å². The van der Waals surface area contributed by atoms with Crippen LogP contribution in [0.25, 0.3) is 34.0 Å². The van der Waals surface area contributed by atoms with Gasteiger partial charge >= 0.3 is 24.0 Å². The van der Waals surface area contributed by atoms with Gasteiger partial charge in [-0.05, 0) is 135 Å². The number of pyridine rings is 2. The number of fused-ring (bicyclic) bond motifs is 2. The van der Waals surface area contributed by atoms with Gasteiger partial charge in [0.05, 0.1) is 60.6 Å². The molecule has 2 aliphatic heterocycles. The molecule has 0 spiro atoms. The van der Waals surface area contributed by atoms with Crippen LogP contribution in [0, 0.1) is 22.7 Å². The highest BCUT2D eigenvalue weighted by atomic mass is 16.6. The van der Waals surface area contributed by atoms with E-state index in [1.807, 2.05) is 99.7 Å². The fourth-order valence-electron chi connectivity index (χ4n) is 9.28. The van der Waals surface area contributed by atoms with Gasteiger partial charge in [0.2, 0.25) is 17.7 Å². The zero-order chi connectivity index (χ0) is 69.2. The highest BCUT2D eigenvalue weighted by Gasteiger charge is 2.35. The monoisotopic (exact) mass is 1280 g/mol. The Labute approximate surface area is 539 Å². The first-order valence-corrected chi connectivity index (χ1v) is 30.8. The van der Waals surface area contributed by atoms with Crippen LogP contribution in [0.15, 0.2) is 72.8 Å². The topological polar surface area (TPSA) is 329 Å². The third-order valence-corrected chi connectivity index (χ3v) is 15.0. The molecule has 92 heavy (non-hydrogen) atoms. The number of aromatic nitrogens is 2. The Hall–Kier alpha value is -8.39. The molecular formula is C67H96N10O15. The lowest BCUT2D eigenvalue weighted by Crippen LogP contribution is -2.61. The molecule has 6 rings (SSSR count). The van der Waals surface area contributed by atoms with Crippen molar-refractivity contribution in [1.29, 1.82) is 0 Å². The molecule has 25 heteroatoms. The molecule has 7 N–H and O–H groups in total. The molecule has 6 atom stereocenters. The van der Waals surface area contributed by atoms with E-state index in [4.69, 9.17) is 24.3 Å². The fourth-order valence-corrected chi connectivity index (χ4v) is 9.28. The zero-order valence-corrected chi connectivity index (χ0v) is 56.3. The Balaban J connectivity index is 0.000000314. The number of carbonyl (C=O) groups excluding carboxylic acids is 8. The third kappa shape index (κ3) is 22.8. The summed E-state index contributed by atoms with van der Waals surface area (Å²) in [6.45, 7) is 24.0. The standard InChI is InChI=1S/C31H43N5O6.C23H30N2O4.C13H23N3O5/c1-19(2)26(37)27(38)32-20(3)28(39)36-16-8-9-24(34-36)29(40)35(6)18-23-13-12-22-11-10-21(17-25(22)33-23)14-15-31(4,5)30(41)42-7;1-22(2,3)29-21(27)25(6)15-18-11-10-17-9-8-16(14-19(17)24-18)12-13-23(4,5)20(26)28-7;1-7(2)10(17)11(18)14-8(3)12(19)16-6-4-5-9(15-16)13(20)21/h10-15,17,19-20,24,26,34,37H,8-9,16,18H2,1-7H3,(H,32,38);8-14H,15H2,1-7H3;7-10,15,17H,4-6H2,1-3H3,(H,14,18)(H,20,21)/b15-14+;13-12+;/t20-,24-,26-;;8-,9-,10-/m0.0/s1. The van der Waals surface area contributed by atoms with E-state index in [1.165, 1.54) is 36.1 Å². The van der Waals surface area contributed by atoms with Crippen LogP contribution in [-0.2, 0) is 65.7 Å². The number of esters is 2. The van der Waals surface area contributed by atoms with E-state index < -0.39 is 76.5 Å². The summed E-state index contributed by atoms with van der Waals surface area (Å²) in [6, 6.07) is 16.3. The van der Waals surface area contributed by atoms with Crippen molar-refractivity contribution in [3.8, 4) is 0 Å². The van der Waals surface area contributed by atoms with E-state index in [9.17, 15) is 53.4 Å². The normalized spacial score (nSPS) is 16.7. The fraction of sp³-hybridized carbons (Fsp3) is 0.537. The summed E-state index contributed by atoms with van der Waals surface area (Å²) in [5.74, 6) is -4.36. The van der Waals surface area contributed by atoms with Crippen LogP contribution in [0.1, 0.15) is 138 Å². The van der Waals surface area contributed by atoms with Crippen molar-refractivity contribution in [3.63, 3.8) is 0 Å². The molecule has 2 aromatic carbocycles. The minimum absolute atomic E-state index is 0.178. The maximum absolute atomic E-state index is 13.3. The maximum atomic E-state index is 13.3. The van der Waals surface area contributed by atoms with Crippen molar-refractivity contribution in [2.45, 2.75) is 171 Å². The number of benzene rings is 2. The number of hydrazine groups is 2. The van der Waals surface area contributed by atoms with Gasteiger partial charge in [0, 0.05) is 38.0 Å². The van der Waals surface area contributed by atoms with E-state index in [1.54, 1.807) is 87.4 Å². The number of amides is 6. The Bertz CT molecular complexity index is 3320. The quantitative estimate of drug-likeness (QED) is 0.0376. The summed E-state index contributed by atoms with van der Waals surface area (Å²) >= 11 is 0. The second kappa shape index (κ2) is 33.8. The van der Waals surface area contributed by atoms with Gasteiger partial charge in [-0.25, -0.2) is 15.6 Å². The highest BCUT2D eigenvalue weighted by molar-refractivity contribution is 5.91. The summed E-state index contributed by atoms with van der Waals surface area (Å²) in [4.78, 5) is 122. The molecule has 2 saturated heterocycles. The Morgan fingerprint density at radius 2 is 0.989 bits per heavy atom. The molecule has 6 amide bonds. The van der Waals surface area contributed by atoms with Crippen molar-refractivity contribution in [1.82, 2.24) is 51.3 Å². The maximum Gasteiger partial charge on any atom is 0.410 e. The molecule has 0 unspecified atom stereocenters. The molecular weight excluding hydrogens is 1180 g/mol. The average Bonchev–Trinajstić information content (AvgIpc) is 0.917. The third-order valence-electron chi connectivity index (χ3n) is 15.0. The smallest absolute Gasteiger partial charge is 0.410 e. The molecule has 0 bridgehead atoms. The van der Waals surface area contributed by atoms with Crippen LogP contribution in [0.2, 0.25) is 0 Å². The van der Waals surface area contributed by atoms with Crippen LogP contribution in [0.5, 0.6) is 0 Å². The van der Waals surface area contributed by atoms with Crippen LogP contribution in [0.4, 0.5) is 4.79 Å².